The van der Waals surface area contributed by atoms with E-state index < -0.39 is 23.4 Å². The first kappa shape index (κ1) is 20.1. The third-order valence-electron chi connectivity index (χ3n) is 10.7. The zero-order valence-electron chi connectivity index (χ0n) is 19.6. The van der Waals surface area contributed by atoms with Gasteiger partial charge in [-0.15, -0.1) is 0 Å². The number of nitrogens with one attached hydrogen (secondary N) is 3. The average molecular weight is 500 g/mol. The molecule has 0 aliphatic heterocycles. The number of hydrogen-bond donors (Lipinski definition) is 3. The molecule has 3 aromatic heterocycles. The van der Waals surface area contributed by atoms with E-state index in [1.54, 1.807) is 18.2 Å². The Labute approximate surface area is 207 Å². The summed E-state index contributed by atoms with van der Waals surface area (Å²) in [5, 5.41) is 9.79. The third-order valence-corrected chi connectivity index (χ3v) is 10.7. The van der Waals surface area contributed by atoms with Crippen molar-refractivity contribution in [1.29, 1.82) is 0 Å². The molecule has 4 aromatic rings. The molecule has 0 bridgehead atoms. The molecule has 6 fully saturated rings. The lowest BCUT2D eigenvalue weighted by atomic mass is 8.92. The van der Waals surface area contributed by atoms with Gasteiger partial charge in [0.1, 0.15) is 11.4 Å². The van der Waals surface area contributed by atoms with Gasteiger partial charge in [-0.25, -0.2) is 18.7 Å². The number of oxazole rings is 1. The van der Waals surface area contributed by atoms with Crippen molar-refractivity contribution in [3.63, 3.8) is 0 Å². The van der Waals surface area contributed by atoms with Crippen molar-refractivity contribution < 1.29 is 18.4 Å². The fourth-order valence-electron chi connectivity index (χ4n) is 9.56. The van der Waals surface area contributed by atoms with Crippen LogP contribution in [0.25, 0.3) is 16.7 Å². The number of fused-ring (bicyclic) bond motifs is 2. The number of carbonyl (C=O) groups excluding carboxylic acids is 2. The van der Waals surface area contributed by atoms with Gasteiger partial charge in [-0.2, -0.15) is 5.10 Å². The van der Waals surface area contributed by atoms with E-state index in [9.17, 15) is 18.8 Å². The molecular weight excluding hydrogens is 479 g/mol. The minimum absolute atomic E-state index is 0.0697. The Balaban J connectivity index is 0.954. The molecule has 10 rings (SSSR count). The van der Waals surface area contributed by atoms with Crippen molar-refractivity contribution in [3.05, 3.63) is 63.8 Å². The van der Waals surface area contributed by atoms with E-state index in [-0.39, 0.29) is 29.0 Å². The Morgan fingerprint density at radius 2 is 1.86 bits per heavy atom. The van der Waals surface area contributed by atoms with Crippen molar-refractivity contribution in [2.75, 3.05) is 6.54 Å². The fourth-order valence-corrected chi connectivity index (χ4v) is 9.56. The lowest BCUT2D eigenvalue weighted by Crippen LogP contribution is -3.10. The highest BCUT2D eigenvalue weighted by Crippen LogP contribution is 3.10. The molecule has 6 aliphatic rings. The summed E-state index contributed by atoms with van der Waals surface area (Å²) in [7, 11) is 0. The molecule has 3 heterocycles. The quantitative estimate of drug-likeness (QED) is 0.369. The lowest BCUT2D eigenvalue weighted by Gasteiger charge is -3.11. The first-order valence-corrected chi connectivity index (χ1v) is 12.6. The van der Waals surface area contributed by atoms with E-state index in [1.807, 2.05) is 0 Å². The number of rotatable bonds is 6. The van der Waals surface area contributed by atoms with Crippen LogP contribution in [0, 0.1) is 52.2 Å². The van der Waals surface area contributed by atoms with E-state index >= 15 is 0 Å². The van der Waals surface area contributed by atoms with Crippen LogP contribution in [0.2, 0.25) is 0 Å². The van der Waals surface area contributed by atoms with Crippen molar-refractivity contribution >= 4 is 28.6 Å². The van der Waals surface area contributed by atoms with Crippen LogP contribution in [0.15, 0.2) is 39.7 Å². The van der Waals surface area contributed by atoms with E-state index in [0.29, 0.717) is 23.1 Å². The summed E-state index contributed by atoms with van der Waals surface area (Å²) < 4.78 is 20.6. The Bertz CT molecular complexity index is 1750. The Morgan fingerprint density at radius 1 is 1.11 bits per heavy atom. The molecule has 1 aromatic carbocycles. The minimum Gasteiger partial charge on any atom is -0.408 e. The fraction of sp³-hybridized carbons (Fsp3) is 0.423. The average Bonchev–Trinajstić information content (AvgIpc) is 3.47. The van der Waals surface area contributed by atoms with Gasteiger partial charge in [-0.3, -0.25) is 14.6 Å². The van der Waals surface area contributed by atoms with Crippen molar-refractivity contribution in [3.8, 4) is 0 Å². The number of halogens is 1. The second-order valence-corrected chi connectivity index (χ2v) is 11.6. The third kappa shape index (κ3) is 1.96. The largest absolute Gasteiger partial charge is 0.417 e. The molecule has 10 nitrogen and oxygen atoms in total. The predicted molar refractivity (Wildman–Crippen MR) is 125 cm³/mol. The van der Waals surface area contributed by atoms with Gasteiger partial charge in [-0.05, 0) is 64.0 Å². The molecular formula is C26H21FN6O4. The summed E-state index contributed by atoms with van der Waals surface area (Å²) in [6.45, 7) is 3.19. The van der Waals surface area contributed by atoms with E-state index in [2.05, 4.69) is 32.6 Å². The van der Waals surface area contributed by atoms with Crippen LogP contribution in [-0.4, -0.2) is 37.9 Å². The van der Waals surface area contributed by atoms with Crippen molar-refractivity contribution in [1.82, 2.24) is 30.2 Å². The van der Waals surface area contributed by atoms with Crippen LogP contribution in [-0.2, 0) is 6.54 Å². The Kier molecular flexibility index (Phi) is 3.22. The smallest absolute Gasteiger partial charge is 0.408 e. The number of benzene rings is 1. The Morgan fingerprint density at radius 3 is 2.62 bits per heavy atom. The zero-order valence-corrected chi connectivity index (χ0v) is 19.6. The SMILES string of the molecule is CC12C3C4C1C1C2C3C41CNC(=O)c1cc(C(=O)NCc2ccc3oc(=O)[nH]c3c2)nc2c(F)cnn12. The van der Waals surface area contributed by atoms with E-state index in [0.717, 1.165) is 51.8 Å². The number of aromatic nitrogens is 4. The normalized spacial score (nSPS) is 36.6. The topological polar surface area (TPSA) is 134 Å². The molecule has 0 unspecified atom stereocenters. The van der Waals surface area contributed by atoms with Crippen LogP contribution >= 0.6 is 0 Å². The van der Waals surface area contributed by atoms with Gasteiger partial charge < -0.3 is 15.1 Å². The van der Waals surface area contributed by atoms with Gasteiger partial charge in [-0.1, -0.05) is 13.0 Å². The van der Waals surface area contributed by atoms with Gasteiger partial charge in [0.25, 0.3) is 11.8 Å². The maximum atomic E-state index is 14.4. The van der Waals surface area contributed by atoms with Crippen LogP contribution in [0.1, 0.15) is 33.5 Å². The molecule has 37 heavy (non-hydrogen) atoms. The summed E-state index contributed by atoms with van der Waals surface area (Å²) in [4.78, 5) is 44.3. The van der Waals surface area contributed by atoms with Crippen molar-refractivity contribution in [2.24, 2.45) is 46.3 Å². The Hall–Kier alpha value is -4.02. The zero-order chi connectivity index (χ0) is 25.0. The molecule has 6 aliphatic carbocycles. The van der Waals surface area contributed by atoms with Gasteiger partial charge in [0.2, 0.25) is 0 Å². The van der Waals surface area contributed by atoms with Crippen LogP contribution in [0.3, 0.4) is 0 Å². The first-order chi connectivity index (χ1) is 17.8. The number of amides is 2. The summed E-state index contributed by atoms with van der Waals surface area (Å²) in [5.41, 5.74) is 2.34. The molecule has 6 saturated carbocycles. The summed E-state index contributed by atoms with van der Waals surface area (Å²) in [6, 6.07) is 6.39. The maximum Gasteiger partial charge on any atom is 0.417 e. The second-order valence-electron chi connectivity index (χ2n) is 11.6. The highest BCUT2D eigenvalue weighted by atomic mass is 19.1. The van der Waals surface area contributed by atoms with Gasteiger partial charge >= 0.3 is 5.76 Å². The maximum absolute atomic E-state index is 14.4. The molecule has 0 radical (unpaired) electrons. The van der Waals surface area contributed by atoms with E-state index in [1.165, 1.54) is 6.07 Å². The van der Waals surface area contributed by atoms with Crippen molar-refractivity contribution in [2.45, 2.75) is 13.5 Å². The molecule has 0 atom stereocenters. The number of hydrogen-bond acceptors (Lipinski definition) is 6. The van der Waals surface area contributed by atoms with Crippen LogP contribution < -0.4 is 16.4 Å². The minimum atomic E-state index is -0.715. The van der Waals surface area contributed by atoms with Gasteiger partial charge in [0.15, 0.2) is 17.0 Å². The molecule has 3 N–H and O–H groups in total. The number of H-pyrrole nitrogens is 1. The number of nitrogens with zero attached hydrogens (tertiary/aromatic N) is 3. The molecule has 0 spiro atoms. The van der Waals surface area contributed by atoms with Gasteiger partial charge in [0.05, 0.1) is 11.7 Å². The summed E-state index contributed by atoms with van der Waals surface area (Å²) >= 11 is 0. The summed E-state index contributed by atoms with van der Waals surface area (Å²) in [5.74, 6) is 2.65. The first-order valence-electron chi connectivity index (χ1n) is 12.6. The number of aromatic amines is 1. The van der Waals surface area contributed by atoms with E-state index in [4.69, 9.17) is 4.42 Å². The molecule has 186 valence electrons. The number of carbonyl (C=O) groups is 2. The second kappa shape index (κ2) is 5.92. The molecule has 0 saturated heterocycles. The highest BCUT2D eigenvalue weighted by molar-refractivity contribution is 5.98. The van der Waals surface area contributed by atoms with Crippen LogP contribution in [0.5, 0.6) is 0 Å². The summed E-state index contributed by atoms with van der Waals surface area (Å²) in [6.07, 6.45) is 0.987. The highest BCUT2D eigenvalue weighted by Gasteiger charge is 3.08. The van der Waals surface area contributed by atoms with Crippen LogP contribution in [0.4, 0.5) is 4.39 Å². The monoisotopic (exact) mass is 500 g/mol. The van der Waals surface area contributed by atoms with Gasteiger partial charge in [0, 0.05) is 19.2 Å². The molecule has 2 amide bonds. The standard InChI is InChI=1S/C26H21FN6O4/c1-25-15-18-16(25)20-17(25)19(15)26(18,20)8-29-23(35)13-5-12(31-21-10(27)7-30-33(13)21)22(34)28-6-9-2-3-14-11(4-9)32-24(36)37-14/h2-5,7,15-20H,6,8H2,1H3,(H,28,34)(H,29,35)(H,32,36). The predicted octanol–water partition coefficient (Wildman–Crippen LogP) is 1.72. The lowest BCUT2D eigenvalue weighted by molar-refractivity contribution is -0.651. The molecule has 11 heteroatoms.